The molecule has 234 valence electrons. The predicted octanol–water partition coefficient (Wildman–Crippen LogP) is 4.79. The van der Waals surface area contributed by atoms with Crippen LogP contribution in [0.4, 0.5) is 4.39 Å². The molecule has 2 amide bonds. The molecule has 1 saturated heterocycles. The van der Waals surface area contributed by atoms with Gasteiger partial charge in [0.2, 0.25) is 11.8 Å². The maximum Gasteiger partial charge on any atom is 0.228 e. The third-order valence-corrected chi connectivity index (χ3v) is 10.2. The standard InChI is InChI=1S/C32H57FN6O2/c1-5-8-9-10-25-18-26(23-12-16-39(17-13-23)22(4)40)28(21-36-25)38-31(41)29(30(34)35)27-19-32(7-3,14-6-2)15-11-24(33)20-37-27/h20,23-24,26-30H,5-19,21,34-35H2,1-4H3,(H,38,41). The third-order valence-electron chi connectivity index (χ3n) is 10.2. The second-order valence-corrected chi connectivity index (χ2v) is 13.0. The first-order chi connectivity index (χ1) is 19.6. The maximum atomic E-state index is 14.7. The number of nitrogens with zero attached hydrogens (tertiary/aromatic N) is 3. The fourth-order valence-electron chi connectivity index (χ4n) is 7.57. The first kappa shape index (κ1) is 33.6. The number of hydrogen-bond acceptors (Lipinski definition) is 6. The van der Waals surface area contributed by atoms with Gasteiger partial charge in [0.15, 0.2) is 0 Å². The minimum atomic E-state index is -1.12. The second-order valence-electron chi connectivity index (χ2n) is 13.0. The molecule has 3 aliphatic heterocycles. The first-order valence-corrected chi connectivity index (χ1v) is 16.4. The molecule has 3 aliphatic rings. The molecule has 9 heteroatoms. The van der Waals surface area contributed by atoms with E-state index >= 15 is 0 Å². The molecule has 0 aromatic rings. The van der Waals surface area contributed by atoms with E-state index in [2.05, 4.69) is 31.1 Å². The number of piperidine rings is 1. The fraction of sp³-hybridized carbons (Fsp3) is 0.875. The molecule has 0 radical (unpaired) electrons. The van der Waals surface area contributed by atoms with Gasteiger partial charge in [-0.1, -0.05) is 46.5 Å². The number of carbonyl (C=O) groups excluding carboxylic acids is 2. The molecular weight excluding hydrogens is 519 g/mol. The van der Waals surface area contributed by atoms with E-state index in [4.69, 9.17) is 16.5 Å². The molecule has 3 rings (SSSR count). The van der Waals surface area contributed by atoms with Crippen LogP contribution in [0, 0.1) is 23.2 Å². The molecule has 1 fully saturated rings. The van der Waals surface area contributed by atoms with E-state index in [-0.39, 0.29) is 29.2 Å². The summed E-state index contributed by atoms with van der Waals surface area (Å²) in [7, 11) is 0. The summed E-state index contributed by atoms with van der Waals surface area (Å²) in [4.78, 5) is 37.4. The van der Waals surface area contributed by atoms with Gasteiger partial charge in [-0.3, -0.25) is 19.6 Å². The van der Waals surface area contributed by atoms with Crippen molar-refractivity contribution in [2.24, 2.45) is 44.6 Å². The highest BCUT2D eigenvalue weighted by molar-refractivity contribution is 5.86. The van der Waals surface area contributed by atoms with Crippen LogP contribution < -0.4 is 16.8 Å². The fourth-order valence-corrected chi connectivity index (χ4v) is 7.57. The van der Waals surface area contributed by atoms with Crippen LogP contribution in [-0.4, -0.2) is 72.7 Å². The Bertz CT molecular complexity index is 903. The highest BCUT2D eigenvalue weighted by atomic mass is 19.1. The summed E-state index contributed by atoms with van der Waals surface area (Å²) >= 11 is 0. The van der Waals surface area contributed by atoms with Gasteiger partial charge < -0.3 is 21.7 Å². The van der Waals surface area contributed by atoms with Crippen molar-refractivity contribution in [1.82, 2.24) is 10.2 Å². The molecule has 0 spiro atoms. The number of halogens is 1. The Kier molecular flexibility index (Phi) is 13.2. The largest absolute Gasteiger partial charge is 0.351 e. The van der Waals surface area contributed by atoms with Crippen molar-refractivity contribution in [1.29, 1.82) is 0 Å². The molecule has 5 N–H and O–H groups in total. The smallest absolute Gasteiger partial charge is 0.228 e. The predicted molar refractivity (Wildman–Crippen MR) is 166 cm³/mol. The Balaban J connectivity index is 1.81. The number of carbonyl (C=O) groups is 2. The number of unbranched alkanes of at least 4 members (excludes halogenated alkanes) is 2. The first-order valence-electron chi connectivity index (χ1n) is 16.4. The average Bonchev–Trinajstić information content (AvgIpc) is 2.94. The van der Waals surface area contributed by atoms with Gasteiger partial charge in [-0.2, -0.15) is 0 Å². The van der Waals surface area contributed by atoms with Gasteiger partial charge in [0, 0.05) is 31.9 Å². The van der Waals surface area contributed by atoms with Gasteiger partial charge in [0.1, 0.15) is 6.17 Å². The zero-order chi connectivity index (χ0) is 30.0. The normalized spacial score (nSPS) is 30.4. The minimum Gasteiger partial charge on any atom is -0.351 e. The summed E-state index contributed by atoms with van der Waals surface area (Å²) in [5, 5.41) is 3.34. The summed E-state index contributed by atoms with van der Waals surface area (Å²) in [5.41, 5.74) is 13.8. The molecule has 6 atom stereocenters. The van der Waals surface area contributed by atoms with Gasteiger partial charge >= 0.3 is 0 Å². The lowest BCUT2D eigenvalue weighted by molar-refractivity contribution is -0.130. The van der Waals surface area contributed by atoms with E-state index in [0.717, 1.165) is 70.9 Å². The van der Waals surface area contributed by atoms with Crippen molar-refractivity contribution in [3.63, 3.8) is 0 Å². The van der Waals surface area contributed by atoms with Crippen molar-refractivity contribution in [2.75, 3.05) is 19.6 Å². The van der Waals surface area contributed by atoms with Crippen molar-refractivity contribution in [2.45, 2.75) is 136 Å². The summed E-state index contributed by atoms with van der Waals surface area (Å²) < 4.78 is 14.7. The summed E-state index contributed by atoms with van der Waals surface area (Å²) in [6, 6.07) is -0.584. The van der Waals surface area contributed by atoms with Gasteiger partial charge in [-0.15, -0.1) is 0 Å². The molecule has 0 saturated carbocycles. The van der Waals surface area contributed by atoms with E-state index < -0.39 is 24.3 Å². The number of nitrogens with one attached hydrogen (secondary N) is 1. The van der Waals surface area contributed by atoms with Gasteiger partial charge in [-0.05, 0) is 75.0 Å². The topological polar surface area (TPSA) is 126 Å². The van der Waals surface area contributed by atoms with Crippen molar-refractivity contribution in [3.05, 3.63) is 0 Å². The van der Waals surface area contributed by atoms with Crippen LogP contribution >= 0.6 is 0 Å². The van der Waals surface area contributed by atoms with Crippen LogP contribution in [0.15, 0.2) is 9.98 Å². The molecule has 0 aromatic carbocycles. The zero-order valence-electron chi connectivity index (χ0n) is 26.1. The summed E-state index contributed by atoms with van der Waals surface area (Å²) in [6.45, 7) is 10.2. The molecule has 0 aliphatic carbocycles. The Morgan fingerprint density at radius 2 is 1.88 bits per heavy atom. The van der Waals surface area contributed by atoms with Crippen molar-refractivity contribution in [3.8, 4) is 0 Å². The molecule has 3 heterocycles. The third kappa shape index (κ3) is 9.31. The Morgan fingerprint density at radius 1 is 1.15 bits per heavy atom. The number of amides is 2. The van der Waals surface area contributed by atoms with Gasteiger partial charge in [0.25, 0.3) is 0 Å². The average molecular weight is 577 g/mol. The molecule has 6 unspecified atom stereocenters. The van der Waals surface area contributed by atoms with E-state index in [1.54, 1.807) is 6.92 Å². The van der Waals surface area contributed by atoms with Crippen LogP contribution in [-0.2, 0) is 9.59 Å². The van der Waals surface area contributed by atoms with Crippen LogP contribution in [0.1, 0.15) is 111 Å². The van der Waals surface area contributed by atoms with Gasteiger partial charge in [0.05, 0.1) is 30.7 Å². The highest BCUT2D eigenvalue weighted by Crippen LogP contribution is 2.42. The van der Waals surface area contributed by atoms with Crippen LogP contribution in [0.5, 0.6) is 0 Å². The van der Waals surface area contributed by atoms with E-state index in [9.17, 15) is 14.0 Å². The quantitative estimate of drug-likeness (QED) is 0.228. The Hall–Kier alpha value is -1.87. The monoisotopic (exact) mass is 576 g/mol. The van der Waals surface area contributed by atoms with Gasteiger partial charge in [-0.25, -0.2) is 4.39 Å². The molecule has 0 bridgehead atoms. The van der Waals surface area contributed by atoms with Crippen LogP contribution in [0.25, 0.3) is 0 Å². The SMILES string of the molecule is CCCCCC1=NCC(NC(=O)C(C(N)N)C2CC(CC)(CCC)CCC(F)C=N2)C(C2CCN(C(C)=O)CC2)C1. The molecular formula is C32H57FN6O2. The van der Waals surface area contributed by atoms with Crippen molar-refractivity contribution < 1.29 is 14.0 Å². The lowest BCUT2D eigenvalue weighted by Crippen LogP contribution is -2.57. The van der Waals surface area contributed by atoms with Crippen LogP contribution in [0.3, 0.4) is 0 Å². The lowest BCUT2D eigenvalue weighted by Gasteiger charge is -2.42. The Morgan fingerprint density at radius 3 is 2.49 bits per heavy atom. The zero-order valence-corrected chi connectivity index (χ0v) is 26.1. The number of nitrogens with two attached hydrogens (primary N) is 2. The Labute approximate surface area is 247 Å². The number of alkyl halides is 1. The molecule has 0 aromatic heterocycles. The maximum absolute atomic E-state index is 14.7. The number of likely N-dealkylation sites (tertiary alicyclic amines) is 1. The summed E-state index contributed by atoms with van der Waals surface area (Å²) in [5.74, 6) is -0.153. The van der Waals surface area contributed by atoms with E-state index in [1.165, 1.54) is 24.8 Å². The van der Waals surface area contributed by atoms with E-state index in [0.29, 0.717) is 25.3 Å². The number of rotatable bonds is 12. The highest BCUT2D eigenvalue weighted by Gasteiger charge is 2.42. The summed E-state index contributed by atoms with van der Waals surface area (Å²) in [6.07, 6.45) is 11.4. The molecule has 8 nitrogen and oxygen atoms in total. The minimum absolute atomic E-state index is 0.0787. The van der Waals surface area contributed by atoms with Crippen LogP contribution in [0.2, 0.25) is 0 Å². The molecule has 41 heavy (non-hydrogen) atoms. The number of aliphatic imine (C=N–C) groups is 2. The number of hydrogen-bond donors (Lipinski definition) is 3. The van der Waals surface area contributed by atoms with E-state index in [1.807, 2.05) is 4.90 Å². The lowest BCUT2D eigenvalue weighted by atomic mass is 9.69. The second kappa shape index (κ2) is 16.1. The van der Waals surface area contributed by atoms with Crippen molar-refractivity contribution >= 4 is 23.7 Å².